The lowest BCUT2D eigenvalue weighted by atomic mass is 9.98. The van der Waals surface area contributed by atoms with Crippen LogP contribution in [0.15, 0.2) is 0 Å². The fourth-order valence-corrected chi connectivity index (χ4v) is 3.16. The third kappa shape index (κ3) is 8.28. The highest BCUT2D eigenvalue weighted by atomic mass is 31.2. The van der Waals surface area contributed by atoms with Crippen LogP contribution in [0, 0.1) is 5.41 Å². The molecule has 3 N–H and O–H groups in total. The maximum absolute atomic E-state index is 12.4. The van der Waals surface area contributed by atoms with E-state index in [-0.39, 0.29) is 5.41 Å². The third-order valence-corrected chi connectivity index (χ3v) is 3.94. The molecule has 0 aliphatic rings. The normalized spacial score (nSPS) is 13.1. The van der Waals surface area contributed by atoms with Crippen LogP contribution in [0.2, 0.25) is 0 Å². The minimum absolute atomic E-state index is 0.136. The van der Waals surface area contributed by atoms with Gasteiger partial charge >= 0.3 is 0 Å². The molecule has 0 saturated heterocycles. The smallest absolute Gasteiger partial charge is 0.271 e. The zero-order valence-electron chi connectivity index (χ0n) is 11.4. The highest BCUT2D eigenvalue weighted by Crippen LogP contribution is 2.31. The van der Waals surface area contributed by atoms with E-state index in [0.29, 0.717) is 0 Å². The van der Waals surface area contributed by atoms with Gasteiger partial charge in [0.25, 0.3) is 7.59 Å². The SMILES string of the molecule is CCCNP(=O)(NCCC)NCC(C)(C)C. The summed E-state index contributed by atoms with van der Waals surface area (Å²) < 4.78 is 12.4. The second-order valence-electron chi connectivity index (χ2n) is 5.32. The van der Waals surface area contributed by atoms with E-state index in [1.807, 2.05) is 0 Å². The van der Waals surface area contributed by atoms with Gasteiger partial charge in [-0.05, 0) is 18.3 Å². The van der Waals surface area contributed by atoms with Gasteiger partial charge in [-0.1, -0.05) is 34.6 Å². The Morgan fingerprint density at radius 1 is 0.938 bits per heavy atom. The van der Waals surface area contributed by atoms with Crippen LogP contribution in [0.3, 0.4) is 0 Å². The summed E-state index contributed by atoms with van der Waals surface area (Å²) in [7, 11) is -2.60. The molecule has 0 heterocycles. The van der Waals surface area contributed by atoms with Gasteiger partial charge in [-0.3, -0.25) is 4.57 Å². The summed E-state index contributed by atoms with van der Waals surface area (Å²) in [5.41, 5.74) is 0.136. The zero-order valence-corrected chi connectivity index (χ0v) is 12.3. The fraction of sp³-hybridized carbons (Fsp3) is 1.00. The predicted octanol–water partition coefficient (Wildman–Crippen LogP) is 2.73. The molecule has 5 heteroatoms. The van der Waals surface area contributed by atoms with Gasteiger partial charge < -0.3 is 0 Å². The zero-order chi connectivity index (χ0) is 12.7. The van der Waals surface area contributed by atoms with Crippen LogP contribution >= 0.6 is 7.59 Å². The molecule has 0 unspecified atom stereocenters. The second kappa shape index (κ2) is 7.44. The van der Waals surface area contributed by atoms with E-state index < -0.39 is 7.59 Å². The largest absolute Gasteiger partial charge is 0.279 e. The number of nitrogens with one attached hydrogen (secondary N) is 3. The first-order chi connectivity index (χ1) is 7.33. The summed E-state index contributed by atoms with van der Waals surface area (Å²) in [6.07, 6.45) is 1.96. The van der Waals surface area contributed by atoms with E-state index in [9.17, 15) is 4.57 Å². The number of hydrogen-bond donors (Lipinski definition) is 3. The van der Waals surface area contributed by atoms with Gasteiger partial charge in [0.2, 0.25) is 0 Å². The van der Waals surface area contributed by atoms with Crippen molar-refractivity contribution in [3.8, 4) is 0 Å². The first-order valence-electron chi connectivity index (χ1n) is 6.18. The lowest BCUT2D eigenvalue weighted by Crippen LogP contribution is -2.36. The Morgan fingerprint density at radius 3 is 1.69 bits per heavy atom. The quantitative estimate of drug-likeness (QED) is 0.579. The van der Waals surface area contributed by atoms with Crippen molar-refractivity contribution < 1.29 is 4.57 Å². The van der Waals surface area contributed by atoms with Gasteiger partial charge in [-0.25, -0.2) is 15.3 Å². The van der Waals surface area contributed by atoms with Crippen molar-refractivity contribution in [1.29, 1.82) is 0 Å². The molecular weight excluding hydrogens is 221 g/mol. The molecule has 0 aliphatic heterocycles. The topological polar surface area (TPSA) is 53.2 Å². The molecule has 16 heavy (non-hydrogen) atoms. The monoisotopic (exact) mass is 249 g/mol. The summed E-state index contributed by atoms with van der Waals surface area (Å²) in [6.45, 7) is 12.8. The molecule has 0 aromatic carbocycles. The average molecular weight is 249 g/mol. The van der Waals surface area contributed by atoms with Gasteiger partial charge in [0.15, 0.2) is 0 Å². The predicted molar refractivity (Wildman–Crippen MR) is 71.7 cm³/mol. The van der Waals surface area contributed by atoms with Crippen LogP contribution in [-0.2, 0) is 4.57 Å². The highest BCUT2D eigenvalue weighted by Gasteiger charge is 2.22. The molecule has 0 radical (unpaired) electrons. The Hall–Kier alpha value is 0.110. The number of hydrogen-bond acceptors (Lipinski definition) is 1. The van der Waals surface area contributed by atoms with Crippen molar-refractivity contribution >= 4 is 7.59 Å². The number of rotatable bonds is 8. The molecule has 0 atom stereocenters. The molecule has 0 aromatic rings. The molecule has 0 rings (SSSR count). The first kappa shape index (κ1) is 16.1. The van der Waals surface area contributed by atoms with E-state index in [1.54, 1.807) is 0 Å². The molecule has 0 bridgehead atoms. The van der Waals surface area contributed by atoms with Gasteiger partial charge in [-0.2, -0.15) is 0 Å². The van der Waals surface area contributed by atoms with E-state index in [2.05, 4.69) is 49.9 Å². The molecule has 0 spiro atoms. The molecular formula is C11H28N3OP. The molecule has 0 amide bonds. The molecule has 0 fully saturated rings. The first-order valence-corrected chi connectivity index (χ1v) is 7.89. The van der Waals surface area contributed by atoms with Crippen LogP contribution in [0.4, 0.5) is 0 Å². The minimum Gasteiger partial charge on any atom is -0.271 e. The summed E-state index contributed by atoms with van der Waals surface area (Å²) in [5.74, 6) is 0. The Labute approximate surface area is 100 Å². The van der Waals surface area contributed by atoms with Gasteiger partial charge in [0.05, 0.1) is 0 Å². The van der Waals surface area contributed by atoms with Gasteiger partial charge in [-0.15, -0.1) is 0 Å². The minimum atomic E-state index is -2.60. The summed E-state index contributed by atoms with van der Waals surface area (Å²) in [4.78, 5) is 0. The summed E-state index contributed by atoms with van der Waals surface area (Å²) in [6, 6.07) is 0. The highest BCUT2D eigenvalue weighted by molar-refractivity contribution is 7.57. The standard InChI is InChI=1S/C11H28N3OP/c1-6-8-12-16(15,13-9-7-2)14-10-11(3,4)5/h6-10H2,1-5H3,(H3,12,13,14,15). The maximum atomic E-state index is 12.4. The lowest BCUT2D eigenvalue weighted by Gasteiger charge is -2.26. The van der Waals surface area contributed by atoms with Crippen molar-refractivity contribution in [2.24, 2.45) is 5.41 Å². The van der Waals surface area contributed by atoms with Crippen molar-refractivity contribution in [3.63, 3.8) is 0 Å². The second-order valence-corrected chi connectivity index (χ2v) is 7.49. The average Bonchev–Trinajstić information content (AvgIpc) is 2.20. The third-order valence-electron chi connectivity index (χ3n) is 2.00. The Bertz CT molecular complexity index is 214. The van der Waals surface area contributed by atoms with Crippen molar-refractivity contribution in [2.75, 3.05) is 19.6 Å². The molecule has 98 valence electrons. The van der Waals surface area contributed by atoms with E-state index in [0.717, 1.165) is 32.5 Å². The Kier molecular flexibility index (Phi) is 7.49. The van der Waals surface area contributed by atoms with Crippen LogP contribution in [0.1, 0.15) is 47.5 Å². The van der Waals surface area contributed by atoms with E-state index in [4.69, 9.17) is 0 Å². The van der Waals surface area contributed by atoms with E-state index >= 15 is 0 Å². The molecule has 0 aromatic heterocycles. The maximum Gasteiger partial charge on any atom is 0.279 e. The van der Waals surface area contributed by atoms with Crippen LogP contribution in [-0.4, -0.2) is 19.6 Å². The van der Waals surface area contributed by atoms with Crippen LogP contribution in [0.25, 0.3) is 0 Å². The molecule has 0 saturated carbocycles. The van der Waals surface area contributed by atoms with Crippen molar-refractivity contribution in [1.82, 2.24) is 15.3 Å². The Morgan fingerprint density at radius 2 is 1.38 bits per heavy atom. The van der Waals surface area contributed by atoms with Crippen LogP contribution < -0.4 is 15.3 Å². The lowest BCUT2D eigenvalue weighted by molar-refractivity contribution is 0.403. The summed E-state index contributed by atoms with van der Waals surface area (Å²) in [5, 5.41) is 9.31. The molecule has 0 aliphatic carbocycles. The summed E-state index contributed by atoms with van der Waals surface area (Å²) >= 11 is 0. The van der Waals surface area contributed by atoms with Crippen molar-refractivity contribution in [2.45, 2.75) is 47.5 Å². The van der Waals surface area contributed by atoms with Crippen LogP contribution in [0.5, 0.6) is 0 Å². The Balaban J connectivity index is 4.23. The van der Waals surface area contributed by atoms with Crippen molar-refractivity contribution in [3.05, 3.63) is 0 Å². The van der Waals surface area contributed by atoms with Gasteiger partial charge in [0, 0.05) is 19.6 Å². The van der Waals surface area contributed by atoms with Gasteiger partial charge in [0.1, 0.15) is 0 Å². The van der Waals surface area contributed by atoms with E-state index in [1.165, 1.54) is 0 Å². The fourth-order valence-electron chi connectivity index (χ4n) is 1.05. The molecule has 4 nitrogen and oxygen atoms in total.